The number of nitrogens with one attached hydrogen (secondary N) is 1. The van der Waals surface area contributed by atoms with Crippen LogP contribution in [0, 0.1) is 0 Å². The first-order valence-electron chi connectivity index (χ1n) is 8.64. The molecule has 2 aromatic carbocycles. The Bertz CT molecular complexity index is 980. The van der Waals surface area contributed by atoms with Gasteiger partial charge in [0.2, 0.25) is 5.88 Å². The Labute approximate surface area is 161 Å². The van der Waals surface area contributed by atoms with Crippen LogP contribution in [-0.2, 0) is 0 Å². The number of aromatic nitrogens is 2. The topological polar surface area (TPSA) is 87.5 Å². The maximum absolute atomic E-state index is 9.87. The second kappa shape index (κ2) is 7.42. The molecule has 6 nitrogen and oxygen atoms in total. The summed E-state index contributed by atoms with van der Waals surface area (Å²) in [6, 6.07) is 12.6. The number of ether oxygens (including phenoxy) is 1. The Hall–Kier alpha value is -2.83. The zero-order valence-electron chi connectivity index (χ0n) is 14.4. The maximum atomic E-state index is 9.87. The van der Waals surface area contributed by atoms with Crippen molar-refractivity contribution in [1.82, 2.24) is 9.97 Å². The molecular formula is C20H18ClN3O3. The van der Waals surface area contributed by atoms with Crippen molar-refractivity contribution < 1.29 is 14.9 Å². The molecule has 7 heteroatoms. The number of aromatic hydroxyl groups is 1. The minimum atomic E-state index is -0.254. The van der Waals surface area contributed by atoms with E-state index in [9.17, 15) is 5.11 Å². The molecule has 0 amide bonds. The van der Waals surface area contributed by atoms with Crippen LogP contribution in [-0.4, -0.2) is 33.3 Å². The number of halogens is 1. The zero-order chi connectivity index (χ0) is 18.8. The van der Waals surface area contributed by atoms with E-state index in [0.717, 1.165) is 16.7 Å². The number of phenolic OH excluding ortho intramolecular Hbond substituents is 1. The molecule has 0 aliphatic carbocycles. The fourth-order valence-corrected chi connectivity index (χ4v) is 3.53. The van der Waals surface area contributed by atoms with Gasteiger partial charge in [0.1, 0.15) is 23.6 Å². The number of nitrogens with zero attached hydrogens (tertiary/aromatic N) is 2. The lowest BCUT2D eigenvalue weighted by molar-refractivity contribution is 0.292. The summed E-state index contributed by atoms with van der Waals surface area (Å²) in [4.78, 5) is 8.68. The Balaban J connectivity index is 1.90. The van der Waals surface area contributed by atoms with Gasteiger partial charge in [-0.15, -0.1) is 0 Å². The molecule has 1 aromatic heterocycles. The van der Waals surface area contributed by atoms with Crippen molar-refractivity contribution in [3.63, 3.8) is 0 Å². The third kappa shape index (κ3) is 3.29. The summed E-state index contributed by atoms with van der Waals surface area (Å²) in [7, 11) is 0. The average Bonchev–Trinajstić information content (AvgIpc) is 2.67. The molecule has 138 valence electrons. The van der Waals surface area contributed by atoms with Gasteiger partial charge in [0.05, 0.1) is 5.56 Å². The van der Waals surface area contributed by atoms with Gasteiger partial charge in [-0.05, 0) is 24.1 Å². The number of aliphatic hydroxyl groups is 1. The van der Waals surface area contributed by atoms with E-state index in [1.165, 1.54) is 6.33 Å². The molecule has 4 rings (SSSR count). The molecule has 1 aliphatic heterocycles. The number of hydrogen-bond acceptors (Lipinski definition) is 6. The van der Waals surface area contributed by atoms with Gasteiger partial charge in [0.25, 0.3) is 0 Å². The number of fused-ring (bicyclic) bond motifs is 2. The van der Waals surface area contributed by atoms with E-state index in [0.29, 0.717) is 35.4 Å². The molecule has 1 atom stereocenters. The van der Waals surface area contributed by atoms with Crippen LogP contribution in [0.5, 0.6) is 17.4 Å². The maximum Gasteiger partial charge on any atom is 0.228 e. The molecule has 1 aliphatic rings. The summed E-state index contributed by atoms with van der Waals surface area (Å²) >= 11 is 6.52. The van der Waals surface area contributed by atoms with Gasteiger partial charge < -0.3 is 20.3 Å². The van der Waals surface area contributed by atoms with Crippen LogP contribution in [0.25, 0.3) is 0 Å². The van der Waals surface area contributed by atoms with E-state index >= 15 is 0 Å². The molecular weight excluding hydrogens is 366 g/mol. The second-order valence-electron chi connectivity index (χ2n) is 6.22. The number of phenols is 1. The molecule has 0 bridgehead atoms. The number of benzene rings is 2. The largest absolute Gasteiger partial charge is 0.508 e. The lowest BCUT2D eigenvalue weighted by Gasteiger charge is -2.29. The van der Waals surface area contributed by atoms with E-state index in [2.05, 4.69) is 15.3 Å². The zero-order valence-corrected chi connectivity index (χ0v) is 15.1. The van der Waals surface area contributed by atoms with Gasteiger partial charge in [-0.2, -0.15) is 0 Å². The lowest BCUT2D eigenvalue weighted by Crippen LogP contribution is -2.17. The Morgan fingerprint density at radius 1 is 1.11 bits per heavy atom. The smallest absolute Gasteiger partial charge is 0.228 e. The van der Waals surface area contributed by atoms with E-state index < -0.39 is 0 Å². The van der Waals surface area contributed by atoms with Crippen LogP contribution in [0.3, 0.4) is 0 Å². The van der Waals surface area contributed by atoms with Crippen LogP contribution in [0.15, 0.2) is 48.8 Å². The Morgan fingerprint density at radius 2 is 1.96 bits per heavy atom. The van der Waals surface area contributed by atoms with Gasteiger partial charge >= 0.3 is 0 Å². The molecule has 3 N–H and O–H groups in total. The van der Waals surface area contributed by atoms with Crippen molar-refractivity contribution in [2.75, 3.05) is 18.5 Å². The molecule has 27 heavy (non-hydrogen) atoms. The van der Waals surface area contributed by atoms with Crippen molar-refractivity contribution in [2.24, 2.45) is 0 Å². The summed E-state index contributed by atoms with van der Waals surface area (Å²) in [6.45, 7) is 0.657. The summed E-state index contributed by atoms with van der Waals surface area (Å²) in [6.07, 6.45) is 2.03. The normalized spacial score (nSPS) is 14.8. The molecule has 2 heterocycles. The first-order chi connectivity index (χ1) is 13.2. The first kappa shape index (κ1) is 17.6. The van der Waals surface area contributed by atoms with Gasteiger partial charge in [0, 0.05) is 35.7 Å². The third-order valence-electron chi connectivity index (χ3n) is 4.49. The third-order valence-corrected chi connectivity index (χ3v) is 4.84. The Morgan fingerprint density at radius 3 is 2.78 bits per heavy atom. The lowest BCUT2D eigenvalue weighted by atomic mass is 9.83. The van der Waals surface area contributed by atoms with E-state index in [1.807, 2.05) is 30.3 Å². The highest BCUT2D eigenvalue weighted by molar-refractivity contribution is 6.31. The molecule has 0 unspecified atom stereocenters. The van der Waals surface area contributed by atoms with Crippen LogP contribution >= 0.6 is 11.6 Å². The average molecular weight is 384 g/mol. The van der Waals surface area contributed by atoms with Crippen LogP contribution in [0.2, 0.25) is 5.02 Å². The van der Waals surface area contributed by atoms with Crippen molar-refractivity contribution in [3.05, 3.63) is 70.5 Å². The highest BCUT2D eigenvalue weighted by Gasteiger charge is 2.34. The van der Waals surface area contributed by atoms with Crippen molar-refractivity contribution in [1.29, 1.82) is 0 Å². The van der Waals surface area contributed by atoms with Gasteiger partial charge in [-0.25, -0.2) is 9.97 Å². The van der Waals surface area contributed by atoms with Crippen LogP contribution < -0.4 is 10.1 Å². The molecule has 0 radical (unpaired) electrons. The molecule has 0 fully saturated rings. The van der Waals surface area contributed by atoms with E-state index in [-0.39, 0.29) is 18.3 Å². The molecule has 3 aromatic rings. The van der Waals surface area contributed by atoms with Crippen LogP contribution in [0.1, 0.15) is 29.0 Å². The summed E-state index contributed by atoms with van der Waals surface area (Å²) in [5.74, 6) is 1.45. The van der Waals surface area contributed by atoms with Crippen molar-refractivity contribution in [3.8, 4) is 17.4 Å². The minimum absolute atomic E-state index is 0.0901. The van der Waals surface area contributed by atoms with Gasteiger partial charge in [0.15, 0.2) is 0 Å². The Kier molecular flexibility index (Phi) is 4.83. The van der Waals surface area contributed by atoms with Crippen molar-refractivity contribution in [2.45, 2.75) is 12.3 Å². The fourth-order valence-electron chi connectivity index (χ4n) is 3.29. The number of aliphatic hydroxyl groups excluding tert-OH is 1. The van der Waals surface area contributed by atoms with E-state index in [1.54, 1.807) is 12.1 Å². The fraction of sp³-hybridized carbons (Fsp3) is 0.200. The summed E-state index contributed by atoms with van der Waals surface area (Å²) < 4.78 is 5.95. The first-order valence-corrected chi connectivity index (χ1v) is 9.01. The molecule has 0 saturated carbocycles. The number of rotatable bonds is 5. The quantitative estimate of drug-likeness (QED) is 0.453. The van der Waals surface area contributed by atoms with Crippen LogP contribution in [0.4, 0.5) is 5.82 Å². The van der Waals surface area contributed by atoms with Crippen molar-refractivity contribution >= 4 is 17.4 Å². The SMILES string of the molecule is OCCCNc1ncnc2c1[C@H](c1ccccc1Cl)c1ccc(O)cc1O2. The summed E-state index contributed by atoms with van der Waals surface area (Å²) in [5.41, 5.74) is 2.55. The molecule has 0 spiro atoms. The predicted octanol–water partition coefficient (Wildman–Crippen LogP) is 3.92. The monoisotopic (exact) mass is 383 g/mol. The number of hydrogen-bond donors (Lipinski definition) is 3. The standard InChI is InChI=1S/C20H18ClN3O3/c21-15-5-2-1-4-13(15)17-14-7-6-12(26)10-16(14)27-20-18(17)19(23-11-24-20)22-8-3-9-25/h1-2,4-7,10-11,17,25-26H,3,8-9H2,(H,22,23,24)/t17-/m1/s1. The minimum Gasteiger partial charge on any atom is -0.508 e. The molecule has 0 saturated heterocycles. The predicted molar refractivity (Wildman–Crippen MR) is 103 cm³/mol. The summed E-state index contributed by atoms with van der Waals surface area (Å²) in [5, 5.41) is 22.8. The number of anilines is 1. The van der Waals surface area contributed by atoms with E-state index in [4.69, 9.17) is 21.4 Å². The highest BCUT2D eigenvalue weighted by Crippen LogP contribution is 2.50. The highest BCUT2D eigenvalue weighted by atomic mass is 35.5. The van der Waals surface area contributed by atoms with Gasteiger partial charge in [-0.1, -0.05) is 35.9 Å². The second-order valence-corrected chi connectivity index (χ2v) is 6.63. The van der Waals surface area contributed by atoms with Gasteiger partial charge in [-0.3, -0.25) is 0 Å².